The highest BCUT2D eigenvalue weighted by atomic mass is 35.5. The molecule has 0 saturated carbocycles. The Labute approximate surface area is 207 Å². The van der Waals surface area contributed by atoms with E-state index in [1.54, 1.807) is 35.7 Å². The van der Waals surface area contributed by atoms with E-state index in [0.29, 0.717) is 25.8 Å². The molecule has 11 heteroatoms. The summed E-state index contributed by atoms with van der Waals surface area (Å²) in [4.78, 5) is 43.3. The molecule has 174 valence electrons. The number of benzene rings is 2. The summed E-state index contributed by atoms with van der Waals surface area (Å²) in [6.45, 7) is 0.598. The van der Waals surface area contributed by atoms with E-state index in [2.05, 4.69) is 15.3 Å². The molecule has 1 amide bonds. The summed E-state index contributed by atoms with van der Waals surface area (Å²) in [7, 11) is 0. The molecule has 3 N–H and O–H groups in total. The van der Waals surface area contributed by atoms with Crippen LogP contribution in [0.4, 0.5) is 0 Å². The fraction of sp³-hybridized carbons (Fsp3) is 0.130. The Bertz CT molecular complexity index is 1430. The van der Waals surface area contributed by atoms with Crippen molar-refractivity contribution in [2.24, 2.45) is 0 Å². The fourth-order valence-corrected chi connectivity index (χ4v) is 4.40. The molecular weight excluding hydrogens is 501 g/mol. The highest BCUT2D eigenvalue weighted by molar-refractivity contribution is 7.16. The lowest BCUT2D eigenvalue weighted by atomic mass is 10.1. The zero-order valence-electron chi connectivity index (χ0n) is 17.4. The van der Waals surface area contributed by atoms with Crippen molar-refractivity contribution in [2.75, 3.05) is 0 Å². The van der Waals surface area contributed by atoms with Crippen LogP contribution in [0.25, 0.3) is 10.2 Å². The van der Waals surface area contributed by atoms with Crippen LogP contribution < -0.4 is 10.9 Å². The summed E-state index contributed by atoms with van der Waals surface area (Å²) in [5.41, 5.74) is 1.97. The quantitative estimate of drug-likeness (QED) is 0.313. The Kier molecular flexibility index (Phi) is 7.28. The Morgan fingerprint density at radius 1 is 1.06 bits per heavy atom. The monoisotopic (exact) mass is 517 g/mol. The zero-order valence-corrected chi connectivity index (χ0v) is 19.8. The molecule has 0 radical (unpaired) electrons. The highest BCUT2D eigenvalue weighted by Gasteiger charge is 2.16. The number of H-pyrrole nitrogens is 1. The summed E-state index contributed by atoms with van der Waals surface area (Å²) in [6, 6.07) is 11.4. The Hall–Kier alpha value is -3.24. The number of aromatic nitrogens is 2. The maximum absolute atomic E-state index is 12.7. The van der Waals surface area contributed by atoms with Crippen molar-refractivity contribution in [1.29, 1.82) is 0 Å². The average molecular weight is 518 g/mol. The van der Waals surface area contributed by atoms with Gasteiger partial charge in [-0.05, 0) is 40.8 Å². The van der Waals surface area contributed by atoms with E-state index in [1.807, 2.05) is 0 Å². The number of ether oxygens (including phenoxy) is 1. The molecule has 0 aliphatic carbocycles. The topological polar surface area (TPSA) is 121 Å². The number of hydrogen-bond acceptors (Lipinski definition) is 6. The largest absolute Gasteiger partial charge is 0.478 e. The second-order valence-electron chi connectivity index (χ2n) is 7.28. The maximum Gasteiger partial charge on any atom is 0.335 e. The molecule has 0 fully saturated rings. The standard InChI is InChI=1S/C23H17Cl2N3O5S/c24-16-6-3-13(7-17(16)25)8-26-21(30)19-27-20(29)18-15(11-34-22(18)28-19)10-33-9-12-1-4-14(5-2-12)23(31)32/h1-7,11H,8-10H2,(H,26,30)(H,31,32)(H,27,28,29). The predicted molar refractivity (Wildman–Crippen MR) is 130 cm³/mol. The minimum atomic E-state index is -0.994. The fourth-order valence-electron chi connectivity index (χ4n) is 3.16. The molecule has 0 atom stereocenters. The number of halogens is 2. The number of carboxylic acids is 1. The maximum atomic E-state index is 12.7. The minimum Gasteiger partial charge on any atom is -0.478 e. The molecule has 4 aromatic rings. The number of nitrogens with zero attached hydrogens (tertiary/aromatic N) is 1. The van der Waals surface area contributed by atoms with Crippen molar-refractivity contribution < 1.29 is 19.4 Å². The summed E-state index contributed by atoms with van der Waals surface area (Å²) < 4.78 is 5.69. The predicted octanol–water partition coefficient (Wildman–Crippen LogP) is 4.64. The number of rotatable bonds is 8. The third-order valence-electron chi connectivity index (χ3n) is 4.90. The number of carbonyl (C=O) groups excluding carboxylic acids is 1. The van der Waals surface area contributed by atoms with Crippen LogP contribution in [-0.2, 0) is 24.5 Å². The van der Waals surface area contributed by atoms with Crippen molar-refractivity contribution >= 4 is 56.6 Å². The Balaban J connectivity index is 1.41. The molecule has 0 bridgehead atoms. The van der Waals surface area contributed by atoms with Gasteiger partial charge in [0.1, 0.15) is 4.83 Å². The number of amides is 1. The van der Waals surface area contributed by atoms with Gasteiger partial charge in [-0.1, -0.05) is 41.4 Å². The highest BCUT2D eigenvalue weighted by Crippen LogP contribution is 2.23. The lowest BCUT2D eigenvalue weighted by molar-refractivity contribution is 0.0696. The van der Waals surface area contributed by atoms with Crippen LogP contribution in [0.5, 0.6) is 0 Å². The molecule has 34 heavy (non-hydrogen) atoms. The number of nitrogens with one attached hydrogen (secondary N) is 2. The van der Waals surface area contributed by atoms with Gasteiger partial charge in [0.25, 0.3) is 11.5 Å². The summed E-state index contributed by atoms with van der Waals surface area (Å²) in [5, 5.41) is 14.6. The van der Waals surface area contributed by atoms with Gasteiger partial charge in [-0.3, -0.25) is 9.59 Å². The lowest BCUT2D eigenvalue weighted by Crippen LogP contribution is -2.27. The van der Waals surface area contributed by atoms with Gasteiger partial charge in [-0.25, -0.2) is 9.78 Å². The number of carbonyl (C=O) groups is 2. The molecule has 0 aliphatic heterocycles. The van der Waals surface area contributed by atoms with Crippen LogP contribution in [-0.4, -0.2) is 27.0 Å². The molecule has 0 spiro atoms. The molecule has 2 aromatic heterocycles. The van der Waals surface area contributed by atoms with Crippen LogP contribution >= 0.6 is 34.5 Å². The van der Waals surface area contributed by atoms with Gasteiger partial charge >= 0.3 is 5.97 Å². The van der Waals surface area contributed by atoms with Crippen LogP contribution in [0.2, 0.25) is 10.0 Å². The van der Waals surface area contributed by atoms with Crippen LogP contribution in [0.1, 0.15) is 37.7 Å². The van der Waals surface area contributed by atoms with E-state index in [0.717, 1.165) is 11.1 Å². The van der Waals surface area contributed by atoms with Crippen LogP contribution in [0.3, 0.4) is 0 Å². The van der Waals surface area contributed by atoms with Crippen molar-refractivity contribution in [2.45, 2.75) is 19.8 Å². The number of hydrogen-bond donors (Lipinski definition) is 3. The summed E-state index contributed by atoms with van der Waals surface area (Å²) in [6.07, 6.45) is 0. The van der Waals surface area contributed by atoms with E-state index >= 15 is 0 Å². The molecule has 2 aromatic carbocycles. The van der Waals surface area contributed by atoms with Gasteiger partial charge in [0, 0.05) is 12.1 Å². The second kappa shape index (κ2) is 10.4. The van der Waals surface area contributed by atoms with Gasteiger partial charge < -0.3 is 20.1 Å². The van der Waals surface area contributed by atoms with Gasteiger partial charge in [0.2, 0.25) is 5.82 Å². The third kappa shape index (κ3) is 5.45. The number of fused-ring (bicyclic) bond motifs is 1. The number of carboxylic acid groups (broad SMARTS) is 1. The normalized spacial score (nSPS) is 11.0. The Morgan fingerprint density at radius 3 is 2.50 bits per heavy atom. The third-order valence-corrected chi connectivity index (χ3v) is 6.56. The molecule has 0 saturated heterocycles. The van der Waals surface area contributed by atoms with Gasteiger partial charge in [-0.2, -0.15) is 0 Å². The molecule has 4 rings (SSSR count). The molecular formula is C23H17Cl2N3O5S. The first-order valence-corrected chi connectivity index (χ1v) is 11.6. The first-order chi connectivity index (χ1) is 16.3. The molecule has 8 nitrogen and oxygen atoms in total. The lowest BCUT2D eigenvalue weighted by Gasteiger charge is -2.07. The van der Waals surface area contributed by atoms with Gasteiger partial charge in [-0.15, -0.1) is 11.3 Å². The molecule has 0 unspecified atom stereocenters. The van der Waals surface area contributed by atoms with E-state index in [-0.39, 0.29) is 31.1 Å². The number of aromatic carboxylic acids is 1. The van der Waals surface area contributed by atoms with Crippen molar-refractivity contribution in [1.82, 2.24) is 15.3 Å². The second-order valence-corrected chi connectivity index (χ2v) is 8.95. The summed E-state index contributed by atoms with van der Waals surface area (Å²) in [5.74, 6) is -1.61. The number of aromatic amines is 1. The average Bonchev–Trinajstić information content (AvgIpc) is 3.23. The van der Waals surface area contributed by atoms with E-state index < -0.39 is 17.4 Å². The summed E-state index contributed by atoms with van der Waals surface area (Å²) >= 11 is 13.1. The van der Waals surface area contributed by atoms with Crippen LogP contribution in [0.15, 0.2) is 52.6 Å². The minimum absolute atomic E-state index is 0.0922. The van der Waals surface area contributed by atoms with E-state index in [1.165, 1.54) is 23.5 Å². The first kappa shape index (κ1) is 23.9. The van der Waals surface area contributed by atoms with Crippen molar-refractivity contribution in [3.8, 4) is 0 Å². The number of thiophene rings is 1. The smallest absolute Gasteiger partial charge is 0.335 e. The van der Waals surface area contributed by atoms with Crippen molar-refractivity contribution in [3.05, 3.63) is 96.3 Å². The van der Waals surface area contributed by atoms with E-state index in [4.69, 9.17) is 33.0 Å². The van der Waals surface area contributed by atoms with Gasteiger partial charge in [0.05, 0.1) is 34.2 Å². The first-order valence-electron chi connectivity index (χ1n) is 9.94. The van der Waals surface area contributed by atoms with Crippen molar-refractivity contribution in [3.63, 3.8) is 0 Å². The SMILES string of the molecule is O=C(O)c1ccc(COCc2csc3nc(C(=O)NCc4ccc(Cl)c(Cl)c4)[nH]c(=O)c23)cc1. The van der Waals surface area contributed by atoms with Crippen LogP contribution in [0, 0.1) is 0 Å². The molecule has 0 aliphatic rings. The molecule has 2 heterocycles. The zero-order chi connectivity index (χ0) is 24.2. The van der Waals surface area contributed by atoms with Gasteiger partial charge in [0.15, 0.2) is 0 Å². The Morgan fingerprint density at radius 2 is 1.79 bits per heavy atom. The van der Waals surface area contributed by atoms with E-state index in [9.17, 15) is 14.4 Å².